The van der Waals surface area contributed by atoms with Gasteiger partial charge in [0.15, 0.2) is 0 Å². The molecule has 1 unspecified atom stereocenters. The third kappa shape index (κ3) is 3.09. The Bertz CT molecular complexity index is 819. The molecule has 4 rings (SSSR count). The quantitative estimate of drug-likeness (QED) is 0.621. The van der Waals surface area contributed by atoms with E-state index in [1.165, 1.54) is 52.5 Å². The van der Waals surface area contributed by atoms with Gasteiger partial charge in [-0.3, -0.25) is 0 Å². The molecule has 1 aromatic heterocycles. The molecule has 1 heterocycles. The van der Waals surface area contributed by atoms with Gasteiger partial charge in [0.25, 0.3) is 0 Å². The Morgan fingerprint density at radius 2 is 1.83 bits per heavy atom. The van der Waals surface area contributed by atoms with Crippen LogP contribution in [0.15, 0.2) is 48.5 Å². The Morgan fingerprint density at radius 1 is 1.04 bits per heavy atom. The maximum absolute atomic E-state index is 5.85. The first-order valence-corrected chi connectivity index (χ1v) is 9.35. The van der Waals surface area contributed by atoms with Crippen molar-refractivity contribution in [2.45, 2.75) is 37.6 Å². The molecule has 24 heavy (non-hydrogen) atoms. The lowest BCUT2D eigenvalue weighted by molar-refractivity contribution is 0.456. The highest BCUT2D eigenvalue weighted by atomic mass is 35.5. The zero-order chi connectivity index (χ0) is 16.4. The Hall–Kier alpha value is -1.77. The molecule has 124 valence electrons. The zero-order valence-electron chi connectivity index (χ0n) is 13.8. The van der Waals surface area contributed by atoms with Crippen molar-refractivity contribution >= 4 is 22.5 Å². The van der Waals surface area contributed by atoms with Gasteiger partial charge in [-0.05, 0) is 55.0 Å². The maximum Gasteiger partial charge on any atom is 0.0476 e. The summed E-state index contributed by atoms with van der Waals surface area (Å²) in [5, 5.41) is 5.16. The van der Waals surface area contributed by atoms with Gasteiger partial charge in [0.05, 0.1) is 0 Å². The van der Waals surface area contributed by atoms with Crippen LogP contribution >= 0.6 is 11.6 Å². The lowest BCUT2D eigenvalue weighted by Gasteiger charge is -2.24. The van der Waals surface area contributed by atoms with E-state index in [9.17, 15) is 0 Å². The number of halogens is 1. The van der Waals surface area contributed by atoms with Crippen LogP contribution in [-0.4, -0.2) is 11.5 Å². The molecule has 0 saturated heterocycles. The molecule has 0 bridgehead atoms. The largest absolute Gasteiger partial charge is 0.357 e. The van der Waals surface area contributed by atoms with E-state index in [1.807, 2.05) is 0 Å². The summed E-state index contributed by atoms with van der Waals surface area (Å²) < 4.78 is 0. The van der Waals surface area contributed by atoms with E-state index in [-0.39, 0.29) is 0 Å². The highest BCUT2D eigenvalue weighted by Crippen LogP contribution is 2.34. The van der Waals surface area contributed by atoms with Crippen molar-refractivity contribution < 1.29 is 0 Å². The Kier molecular flexibility index (Phi) is 4.59. The van der Waals surface area contributed by atoms with Gasteiger partial charge in [-0.25, -0.2) is 0 Å². The van der Waals surface area contributed by atoms with Crippen LogP contribution in [0.25, 0.3) is 10.9 Å². The summed E-state index contributed by atoms with van der Waals surface area (Å²) in [6, 6.07) is 17.7. The van der Waals surface area contributed by atoms with Gasteiger partial charge >= 0.3 is 0 Å². The molecule has 0 amide bonds. The minimum absolute atomic E-state index is 0.447. The maximum atomic E-state index is 5.85. The molecule has 1 aliphatic rings. The van der Waals surface area contributed by atoms with Crippen molar-refractivity contribution in [2.24, 2.45) is 0 Å². The monoisotopic (exact) mass is 338 g/mol. The third-order valence-corrected chi connectivity index (χ3v) is 5.40. The predicted octanol–water partition coefficient (Wildman–Crippen LogP) is 5.12. The number of aryl methyl sites for hydroxylation is 1. The van der Waals surface area contributed by atoms with Gasteiger partial charge in [-0.1, -0.05) is 42.5 Å². The molecule has 2 N–H and O–H groups in total. The number of H-pyrrole nitrogens is 1. The summed E-state index contributed by atoms with van der Waals surface area (Å²) in [6.45, 7) is 1.000. The molecule has 0 saturated carbocycles. The Morgan fingerprint density at radius 3 is 2.67 bits per heavy atom. The molecule has 0 fully saturated rings. The van der Waals surface area contributed by atoms with E-state index in [1.54, 1.807) is 0 Å². The minimum Gasteiger partial charge on any atom is -0.357 e. The fourth-order valence-corrected chi connectivity index (χ4v) is 3.98. The van der Waals surface area contributed by atoms with Crippen LogP contribution in [0.4, 0.5) is 0 Å². The Labute approximate surface area is 148 Å². The van der Waals surface area contributed by atoms with Crippen LogP contribution in [0, 0.1) is 0 Å². The van der Waals surface area contributed by atoms with Crippen LogP contribution in [0.1, 0.15) is 41.3 Å². The fourth-order valence-electron chi connectivity index (χ4n) is 3.80. The molecule has 2 aromatic carbocycles. The minimum atomic E-state index is 0.447. The average Bonchev–Trinajstić information content (AvgIpc) is 3.02. The second-order valence-electron chi connectivity index (χ2n) is 6.66. The van der Waals surface area contributed by atoms with E-state index in [4.69, 9.17) is 11.6 Å². The first-order valence-electron chi connectivity index (χ1n) is 8.82. The van der Waals surface area contributed by atoms with Gasteiger partial charge < -0.3 is 10.3 Å². The fraction of sp³-hybridized carbons (Fsp3) is 0.333. The van der Waals surface area contributed by atoms with Gasteiger partial charge in [0, 0.05) is 28.5 Å². The Balaban J connectivity index is 1.44. The number of benzene rings is 2. The van der Waals surface area contributed by atoms with E-state index in [0.29, 0.717) is 11.9 Å². The highest BCUT2D eigenvalue weighted by molar-refractivity contribution is 6.17. The van der Waals surface area contributed by atoms with E-state index in [0.717, 1.165) is 13.0 Å². The number of hydrogen-bond donors (Lipinski definition) is 2. The highest BCUT2D eigenvalue weighted by Gasteiger charge is 2.23. The molecule has 3 aromatic rings. The van der Waals surface area contributed by atoms with Gasteiger partial charge in [-0.2, -0.15) is 0 Å². The topological polar surface area (TPSA) is 27.8 Å². The smallest absolute Gasteiger partial charge is 0.0476 e. The number of fused-ring (bicyclic) bond motifs is 3. The molecule has 1 atom stereocenters. The summed E-state index contributed by atoms with van der Waals surface area (Å²) in [6.07, 6.45) is 4.72. The zero-order valence-corrected chi connectivity index (χ0v) is 14.6. The second-order valence-corrected chi connectivity index (χ2v) is 6.93. The number of rotatable bonds is 5. The molecule has 3 heteroatoms. The lowest BCUT2D eigenvalue weighted by atomic mass is 9.91. The van der Waals surface area contributed by atoms with Crippen molar-refractivity contribution in [1.82, 2.24) is 10.3 Å². The van der Waals surface area contributed by atoms with E-state index >= 15 is 0 Å². The van der Waals surface area contributed by atoms with Crippen molar-refractivity contribution in [3.8, 4) is 0 Å². The molecule has 1 aliphatic carbocycles. The number of nitrogens with one attached hydrogen (secondary N) is 2. The van der Waals surface area contributed by atoms with Crippen LogP contribution in [0.5, 0.6) is 0 Å². The molecular formula is C21H23ClN2. The van der Waals surface area contributed by atoms with Crippen molar-refractivity contribution in [3.63, 3.8) is 0 Å². The van der Waals surface area contributed by atoms with Crippen LogP contribution in [0.3, 0.4) is 0 Å². The number of aromatic amines is 1. The molecule has 0 aliphatic heterocycles. The number of alkyl halides is 1. The predicted molar refractivity (Wildman–Crippen MR) is 102 cm³/mol. The van der Waals surface area contributed by atoms with Gasteiger partial charge in [0.2, 0.25) is 0 Å². The van der Waals surface area contributed by atoms with E-state index in [2.05, 4.69) is 58.8 Å². The van der Waals surface area contributed by atoms with Crippen molar-refractivity contribution in [1.29, 1.82) is 0 Å². The summed E-state index contributed by atoms with van der Waals surface area (Å²) >= 11 is 5.85. The van der Waals surface area contributed by atoms with Crippen molar-refractivity contribution in [2.75, 3.05) is 6.54 Å². The van der Waals surface area contributed by atoms with Gasteiger partial charge in [0.1, 0.15) is 0 Å². The molecule has 2 nitrogen and oxygen atoms in total. The van der Waals surface area contributed by atoms with Crippen LogP contribution < -0.4 is 5.32 Å². The summed E-state index contributed by atoms with van der Waals surface area (Å²) in [5.41, 5.74) is 6.74. The van der Waals surface area contributed by atoms with Crippen LogP contribution in [0.2, 0.25) is 0 Å². The molecule has 0 spiro atoms. The first-order chi connectivity index (χ1) is 11.8. The standard InChI is InChI=1S/C21H23ClN2/c22-14-16-10-8-15(9-11-16)12-13-23-20-7-3-5-18-17-4-1-2-6-19(17)24-21(18)20/h1-2,4,6,8-11,20,23-24H,3,5,7,12-14H2. The number of para-hydroxylation sites is 1. The van der Waals surface area contributed by atoms with E-state index < -0.39 is 0 Å². The molecule has 0 radical (unpaired) electrons. The lowest BCUT2D eigenvalue weighted by Crippen LogP contribution is -2.27. The van der Waals surface area contributed by atoms with Crippen LogP contribution in [-0.2, 0) is 18.7 Å². The SMILES string of the molecule is ClCc1ccc(CCNC2CCCc3c2[nH]c2ccccc32)cc1. The first kappa shape index (κ1) is 15.7. The third-order valence-electron chi connectivity index (χ3n) is 5.10. The normalized spacial score (nSPS) is 17.1. The average molecular weight is 339 g/mol. The summed E-state index contributed by atoms with van der Waals surface area (Å²) in [7, 11) is 0. The summed E-state index contributed by atoms with van der Waals surface area (Å²) in [5.74, 6) is 0.587. The van der Waals surface area contributed by atoms with Crippen molar-refractivity contribution in [3.05, 3.63) is 70.9 Å². The number of aromatic nitrogens is 1. The van der Waals surface area contributed by atoms with Gasteiger partial charge in [-0.15, -0.1) is 11.6 Å². The summed E-state index contributed by atoms with van der Waals surface area (Å²) in [4.78, 5) is 3.65. The number of hydrogen-bond acceptors (Lipinski definition) is 1. The molecular weight excluding hydrogens is 316 g/mol. The second kappa shape index (κ2) is 7.00.